The summed E-state index contributed by atoms with van der Waals surface area (Å²) in [5, 5.41) is 2.69. The Morgan fingerprint density at radius 3 is 2.53 bits per heavy atom. The SMILES string of the molecule is CCOc1ccc(NC(=O)[C@@H](C)N)cc1. The molecule has 1 rings (SSSR count). The van der Waals surface area contributed by atoms with Crippen LogP contribution in [-0.2, 0) is 4.79 Å². The van der Waals surface area contributed by atoms with Gasteiger partial charge in [0, 0.05) is 5.69 Å². The van der Waals surface area contributed by atoms with E-state index in [1.165, 1.54) is 0 Å². The average molecular weight is 208 g/mol. The first-order valence-corrected chi connectivity index (χ1v) is 4.92. The summed E-state index contributed by atoms with van der Waals surface area (Å²) in [5.41, 5.74) is 6.15. The third kappa shape index (κ3) is 3.59. The van der Waals surface area contributed by atoms with Gasteiger partial charge in [0.2, 0.25) is 5.91 Å². The summed E-state index contributed by atoms with van der Waals surface area (Å²) in [5.74, 6) is 0.593. The lowest BCUT2D eigenvalue weighted by Gasteiger charge is -2.08. The highest BCUT2D eigenvalue weighted by atomic mass is 16.5. The van der Waals surface area contributed by atoms with E-state index in [0.29, 0.717) is 6.61 Å². The molecule has 0 heterocycles. The van der Waals surface area contributed by atoms with Gasteiger partial charge in [-0.15, -0.1) is 0 Å². The largest absolute Gasteiger partial charge is 0.494 e. The van der Waals surface area contributed by atoms with E-state index >= 15 is 0 Å². The minimum atomic E-state index is -0.503. The Labute approximate surface area is 89.4 Å². The molecule has 1 aromatic carbocycles. The predicted octanol–water partition coefficient (Wildman–Crippen LogP) is 1.37. The minimum absolute atomic E-state index is 0.195. The van der Waals surface area contributed by atoms with Crippen molar-refractivity contribution >= 4 is 11.6 Å². The third-order valence-corrected chi connectivity index (χ3v) is 1.85. The van der Waals surface area contributed by atoms with E-state index in [4.69, 9.17) is 10.5 Å². The highest BCUT2D eigenvalue weighted by molar-refractivity contribution is 5.94. The molecular weight excluding hydrogens is 192 g/mol. The van der Waals surface area contributed by atoms with E-state index in [-0.39, 0.29) is 5.91 Å². The zero-order chi connectivity index (χ0) is 11.3. The fraction of sp³-hybridized carbons (Fsp3) is 0.364. The van der Waals surface area contributed by atoms with E-state index in [1.807, 2.05) is 6.92 Å². The van der Waals surface area contributed by atoms with Crippen molar-refractivity contribution in [2.75, 3.05) is 11.9 Å². The summed E-state index contributed by atoms with van der Waals surface area (Å²) in [4.78, 5) is 11.3. The molecule has 0 saturated carbocycles. The first-order chi connectivity index (χ1) is 7.13. The van der Waals surface area contributed by atoms with Gasteiger partial charge in [-0.1, -0.05) is 0 Å². The van der Waals surface area contributed by atoms with E-state index in [0.717, 1.165) is 11.4 Å². The lowest BCUT2D eigenvalue weighted by atomic mass is 10.2. The van der Waals surface area contributed by atoms with Crippen molar-refractivity contribution in [1.29, 1.82) is 0 Å². The Morgan fingerprint density at radius 1 is 1.47 bits per heavy atom. The molecule has 0 aromatic heterocycles. The first-order valence-electron chi connectivity index (χ1n) is 4.92. The number of amides is 1. The molecule has 4 nitrogen and oxygen atoms in total. The van der Waals surface area contributed by atoms with Crippen molar-refractivity contribution in [2.45, 2.75) is 19.9 Å². The summed E-state index contributed by atoms with van der Waals surface area (Å²) in [6.07, 6.45) is 0. The van der Waals surface area contributed by atoms with E-state index in [2.05, 4.69) is 5.32 Å². The van der Waals surface area contributed by atoms with Gasteiger partial charge in [-0.05, 0) is 38.1 Å². The monoisotopic (exact) mass is 208 g/mol. The second-order valence-electron chi connectivity index (χ2n) is 3.24. The number of carbonyl (C=O) groups is 1. The van der Waals surface area contributed by atoms with Gasteiger partial charge >= 0.3 is 0 Å². The van der Waals surface area contributed by atoms with Crippen LogP contribution < -0.4 is 15.8 Å². The fourth-order valence-electron chi connectivity index (χ4n) is 1.06. The summed E-state index contributed by atoms with van der Waals surface area (Å²) in [6.45, 7) is 4.20. The van der Waals surface area contributed by atoms with Gasteiger partial charge in [0.1, 0.15) is 5.75 Å². The van der Waals surface area contributed by atoms with Crippen LogP contribution in [0.2, 0.25) is 0 Å². The quantitative estimate of drug-likeness (QED) is 0.785. The van der Waals surface area contributed by atoms with Crippen LogP contribution in [0.25, 0.3) is 0 Å². The molecule has 0 spiro atoms. The molecule has 0 radical (unpaired) electrons. The van der Waals surface area contributed by atoms with Gasteiger partial charge < -0.3 is 15.8 Å². The number of hydrogen-bond donors (Lipinski definition) is 2. The van der Waals surface area contributed by atoms with Gasteiger partial charge in [-0.3, -0.25) is 4.79 Å². The van der Waals surface area contributed by atoms with E-state index < -0.39 is 6.04 Å². The Balaban J connectivity index is 2.60. The average Bonchev–Trinajstić information content (AvgIpc) is 2.21. The Hall–Kier alpha value is -1.55. The standard InChI is InChI=1S/C11H16N2O2/c1-3-15-10-6-4-9(5-7-10)13-11(14)8(2)12/h4-8H,3,12H2,1-2H3,(H,13,14)/t8-/m1/s1. The van der Waals surface area contributed by atoms with E-state index in [9.17, 15) is 4.79 Å². The molecule has 0 unspecified atom stereocenters. The Morgan fingerprint density at radius 2 is 2.07 bits per heavy atom. The number of nitrogens with one attached hydrogen (secondary N) is 1. The van der Waals surface area contributed by atoms with Crippen LogP contribution in [0.15, 0.2) is 24.3 Å². The van der Waals surface area contributed by atoms with Crippen LogP contribution in [0.3, 0.4) is 0 Å². The Kier molecular flexibility index (Phi) is 4.12. The zero-order valence-electron chi connectivity index (χ0n) is 8.99. The summed E-state index contributed by atoms with van der Waals surface area (Å²) in [6, 6.07) is 6.67. The zero-order valence-corrected chi connectivity index (χ0v) is 8.99. The molecule has 0 saturated heterocycles. The van der Waals surface area contributed by atoms with Crippen molar-refractivity contribution in [2.24, 2.45) is 5.73 Å². The maximum absolute atomic E-state index is 11.3. The second-order valence-corrected chi connectivity index (χ2v) is 3.24. The number of hydrogen-bond acceptors (Lipinski definition) is 3. The number of benzene rings is 1. The lowest BCUT2D eigenvalue weighted by molar-refractivity contribution is -0.117. The topological polar surface area (TPSA) is 64.3 Å². The van der Waals surface area contributed by atoms with Crippen LogP contribution in [-0.4, -0.2) is 18.6 Å². The van der Waals surface area contributed by atoms with Crippen LogP contribution in [0.5, 0.6) is 5.75 Å². The number of ether oxygens (including phenoxy) is 1. The molecule has 1 amide bonds. The molecule has 0 aliphatic rings. The van der Waals surface area contributed by atoms with Crippen molar-refractivity contribution in [1.82, 2.24) is 0 Å². The molecule has 1 aromatic rings. The van der Waals surface area contributed by atoms with Gasteiger partial charge in [-0.25, -0.2) is 0 Å². The Bertz CT molecular complexity index is 320. The van der Waals surface area contributed by atoms with Crippen LogP contribution >= 0.6 is 0 Å². The molecule has 1 atom stereocenters. The van der Waals surface area contributed by atoms with Crippen molar-refractivity contribution < 1.29 is 9.53 Å². The van der Waals surface area contributed by atoms with Crippen molar-refractivity contribution in [3.05, 3.63) is 24.3 Å². The van der Waals surface area contributed by atoms with E-state index in [1.54, 1.807) is 31.2 Å². The molecule has 0 bridgehead atoms. The highest BCUT2D eigenvalue weighted by Gasteiger charge is 2.06. The van der Waals surface area contributed by atoms with Gasteiger partial charge in [0.25, 0.3) is 0 Å². The molecular formula is C11H16N2O2. The first kappa shape index (κ1) is 11.5. The summed E-state index contributed by atoms with van der Waals surface area (Å²) in [7, 11) is 0. The number of carbonyl (C=O) groups excluding carboxylic acids is 1. The molecule has 15 heavy (non-hydrogen) atoms. The molecule has 0 aliphatic heterocycles. The van der Waals surface area contributed by atoms with Crippen LogP contribution in [0.1, 0.15) is 13.8 Å². The van der Waals surface area contributed by atoms with Gasteiger partial charge in [0.05, 0.1) is 12.6 Å². The number of anilines is 1. The lowest BCUT2D eigenvalue weighted by Crippen LogP contribution is -2.32. The smallest absolute Gasteiger partial charge is 0.240 e. The van der Waals surface area contributed by atoms with Gasteiger partial charge in [-0.2, -0.15) is 0 Å². The van der Waals surface area contributed by atoms with Crippen LogP contribution in [0.4, 0.5) is 5.69 Å². The second kappa shape index (κ2) is 5.36. The molecule has 3 N–H and O–H groups in total. The summed E-state index contributed by atoms with van der Waals surface area (Å²) >= 11 is 0. The molecule has 4 heteroatoms. The highest BCUT2D eigenvalue weighted by Crippen LogP contribution is 2.15. The maximum Gasteiger partial charge on any atom is 0.240 e. The molecule has 0 aliphatic carbocycles. The fourth-order valence-corrected chi connectivity index (χ4v) is 1.06. The normalized spacial score (nSPS) is 11.9. The number of rotatable bonds is 4. The maximum atomic E-state index is 11.3. The number of nitrogens with two attached hydrogens (primary N) is 1. The predicted molar refractivity (Wildman–Crippen MR) is 59.9 cm³/mol. The summed E-state index contributed by atoms with van der Waals surface area (Å²) < 4.78 is 5.28. The molecule has 0 fully saturated rings. The third-order valence-electron chi connectivity index (χ3n) is 1.85. The van der Waals surface area contributed by atoms with Crippen LogP contribution in [0, 0.1) is 0 Å². The minimum Gasteiger partial charge on any atom is -0.494 e. The van der Waals surface area contributed by atoms with Gasteiger partial charge in [0.15, 0.2) is 0 Å². The van der Waals surface area contributed by atoms with Crippen molar-refractivity contribution in [3.8, 4) is 5.75 Å². The molecule has 82 valence electrons. The van der Waals surface area contributed by atoms with Crippen molar-refractivity contribution in [3.63, 3.8) is 0 Å².